The van der Waals surface area contributed by atoms with Crippen molar-refractivity contribution in [3.63, 3.8) is 0 Å². The van der Waals surface area contributed by atoms with Crippen molar-refractivity contribution in [2.24, 2.45) is 0 Å². The summed E-state index contributed by atoms with van der Waals surface area (Å²) in [4.78, 5) is 25.7. The standard InChI is InChI=1S/C11H8ClNO2.C7H6ClNO2/c1-6-2-3-7-9(13-6)5-4-8(12)10(7)11(14)15;8-6-2-1-4(9)3-5(6)7(10)11/h2-5H,1H3,(H,14,15);1-3H,9H2,(H,10,11). The topological polar surface area (TPSA) is 114 Å². The normalized spacial score (nSPS) is 10.1. The molecule has 26 heavy (non-hydrogen) atoms. The first kappa shape index (κ1) is 19.5. The van der Waals surface area contributed by atoms with Gasteiger partial charge in [-0.3, -0.25) is 4.98 Å². The van der Waals surface area contributed by atoms with Gasteiger partial charge in [0.05, 0.1) is 26.7 Å². The molecule has 0 saturated carbocycles. The summed E-state index contributed by atoms with van der Waals surface area (Å²) in [6.45, 7) is 1.86. The van der Waals surface area contributed by atoms with Crippen LogP contribution in [0, 0.1) is 6.92 Å². The highest BCUT2D eigenvalue weighted by Crippen LogP contribution is 2.25. The van der Waals surface area contributed by atoms with Gasteiger partial charge in [0.15, 0.2) is 0 Å². The number of carboxylic acid groups (broad SMARTS) is 2. The Morgan fingerprint density at radius 2 is 1.62 bits per heavy atom. The van der Waals surface area contributed by atoms with Crippen LogP contribution in [0.2, 0.25) is 10.0 Å². The second-order valence-corrected chi connectivity index (χ2v) is 6.11. The summed E-state index contributed by atoms with van der Waals surface area (Å²) < 4.78 is 0. The molecule has 0 radical (unpaired) electrons. The molecule has 2 aromatic carbocycles. The molecule has 6 nitrogen and oxygen atoms in total. The van der Waals surface area contributed by atoms with Crippen LogP contribution in [0.3, 0.4) is 0 Å². The highest BCUT2D eigenvalue weighted by Gasteiger charge is 2.13. The molecular formula is C18H14Cl2N2O4. The van der Waals surface area contributed by atoms with E-state index in [0.29, 0.717) is 16.6 Å². The number of fused-ring (bicyclic) bond motifs is 1. The monoisotopic (exact) mass is 392 g/mol. The second-order valence-electron chi connectivity index (χ2n) is 5.29. The van der Waals surface area contributed by atoms with Crippen LogP contribution in [-0.4, -0.2) is 27.1 Å². The molecule has 134 valence electrons. The van der Waals surface area contributed by atoms with Crippen molar-refractivity contribution in [3.8, 4) is 0 Å². The Labute approximate surface area is 158 Å². The van der Waals surface area contributed by atoms with Crippen molar-refractivity contribution in [2.45, 2.75) is 6.92 Å². The number of carbonyl (C=O) groups is 2. The third kappa shape index (κ3) is 4.41. The summed E-state index contributed by atoms with van der Waals surface area (Å²) in [5, 5.41) is 18.6. The molecule has 1 aromatic heterocycles. The first-order valence-electron chi connectivity index (χ1n) is 7.28. The molecule has 3 aromatic rings. The molecule has 0 saturated heterocycles. The van der Waals surface area contributed by atoms with Crippen LogP contribution in [0.15, 0.2) is 42.5 Å². The molecule has 4 N–H and O–H groups in total. The average molecular weight is 393 g/mol. The van der Waals surface area contributed by atoms with Crippen molar-refractivity contribution in [1.82, 2.24) is 4.98 Å². The molecule has 0 aliphatic carbocycles. The zero-order valence-corrected chi connectivity index (χ0v) is 15.0. The maximum absolute atomic E-state index is 11.0. The summed E-state index contributed by atoms with van der Waals surface area (Å²) in [7, 11) is 0. The number of hydrogen-bond acceptors (Lipinski definition) is 4. The summed E-state index contributed by atoms with van der Waals surface area (Å²) in [5.74, 6) is -2.10. The van der Waals surface area contributed by atoms with Gasteiger partial charge < -0.3 is 15.9 Å². The maximum atomic E-state index is 11.0. The Balaban J connectivity index is 0.000000197. The van der Waals surface area contributed by atoms with Crippen molar-refractivity contribution in [1.29, 1.82) is 0 Å². The van der Waals surface area contributed by atoms with Crippen LogP contribution in [-0.2, 0) is 0 Å². The van der Waals surface area contributed by atoms with Crippen molar-refractivity contribution >= 4 is 51.7 Å². The van der Waals surface area contributed by atoms with E-state index < -0.39 is 11.9 Å². The molecular weight excluding hydrogens is 379 g/mol. The van der Waals surface area contributed by atoms with Crippen molar-refractivity contribution in [3.05, 3.63) is 69.3 Å². The van der Waals surface area contributed by atoms with Crippen LogP contribution in [0.25, 0.3) is 10.9 Å². The number of benzene rings is 2. The molecule has 0 aliphatic rings. The average Bonchev–Trinajstić information content (AvgIpc) is 2.57. The fourth-order valence-electron chi connectivity index (χ4n) is 2.20. The van der Waals surface area contributed by atoms with E-state index in [1.54, 1.807) is 30.3 Å². The predicted molar refractivity (Wildman–Crippen MR) is 101 cm³/mol. The number of anilines is 1. The molecule has 0 fully saturated rings. The smallest absolute Gasteiger partial charge is 0.337 e. The van der Waals surface area contributed by atoms with Crippen molar-refractivity contribution in [2.75, 3.05) is 5.73 Å². The van der Waals surface area contributed by atoms with Gasteiger partial charge in [0.25, 0.3) is 0 Å². The van der Waals surface area contributed by atoms with E-state index in [1.807, 2.05) is 6.92 Å². The highest BCUT2D eigenvalue weighted by atomic mass is 35.5. The van der Waals surface area contributed by atoms with E-state index in [4.69, 9.17) is 39.1 Å². The summed E-state index contributed by atoms with van der Waals surface area (Å²) >= 11 is 11.4. The number of aryl methyl sites for hydroxylation is 1. The van der Waals surface area contributed by atoms with Crippen LogP contribution < -0.4 is 5.73 Å². The molecule has 1 heterocycles. The fourth-order valence-corrected chi connectivity index (χ4v) is 2.65. The van der Waals surface area contributed by atoms with E-state index in [0.717, 1.165) is 5.69 Å². The summed E-state index contributed by atoms with van der Waals surface area (Å²) in [6.07, 6.45) is 0. The first-order valence-corrected chi connectivity index (χ1v) is 8.03. The van der Waals surface area contributed by atoms with E-state index in [2.05, 4.69) is 4.98 Å². The number of aromatic carboxylic acids is 2. The second kappa shape index (κ2) is 8.03. The largest absolute Gasteiger partial charge is 0.478 e. The lowest BCUT2D eigenvalue weighted by Crippen LogP contribution is -1.99. The SMILES string of the molecule is Cc1ccc2c(C(=O)O)c(Cl)ccc2n1.Nc1ccc(Cl)c(C(=O)O)c1. The Kier molecular flexibility index (Phi) is 6.02. The zero-order chi connectivity index (χ0) is 19.4. The number of nitrogens with zero attached hydrogens (tertiary/aromatic N) is 1. The lowest BCUT2D eigenvalue weighted by molar-refractivity contribution is 0.0687. The number of carboxylic acids is 2. The maximum Gasteiger partial charge on any atom is 0.337 e. The van der Waals surface area contributed by atoms with Gasteiger partial charge in [-0.25, -0.2) is 9.59 Å². The summed E-state index contributed by atoms with van der Waals surface area (Å²) in [5.41, 5.74) is 7.38. The van der Waals surface area contributed by atoms with E-state index in [-0.39, 0.29) is 21.2 Å². The first-order chi connectivity index (χ1) is 12.2. The van der Waals surface area contributed by atoms with E-state index >= 15 is 0 Å². The minimum Gasteiger partial charge on any atom is -0.478 e. The van der Waals surface area contributed by atoms with Gasteiger partial charge in [0, 0.05) is 16.8 Å². The molecule has 0 unspecified atom stereocenters. The molecule has 0 aliphatic heterocycles. The number of halogens is 2. The Morgan fingerprint density at radius 1 is 0.962 bits per heavy atom. The fraction of sp³-hybridized carbons (Fsp3) is 0.0556. The Hall–Kier alpha value is -2.83. The molecule has 0 atom stereocenters. The third-order valence-corrected chi connectivity index (χ3v) is 4.04. The van der Waals surface area contributed by atoms with Crippen LogP contribution >= 0.6 is 23.2 Å². The minimum atomic E-state index is -1.07. The van der Waals surface area contributed by atoms with Gasteiger partial charge in [0.2, 0.25) is 0 Å². The van der Waals surface area contributed by atoms with Gasteiger partial charge >= 0.3 is 11.9 Å². The number of hydrogen-bond donors (Lipinski definition) is 3. The Morgan fingerprint density at radius 3 is 2.19 bits per heavy atom. The summed E-state index contributed by atoms with van der Waals surface area (Å²) in [6, 6.07) is 11.1. The highest BCUT2D eigenvalue weighted by molar-refractivity contribution is 6.35. The number of nitrogen functional groups attached to an aromatic ring is 1. The van der Waals surface area contributed by atoms with Gasteiger partial charge in [-0.15, -0.1) is 0 Å². The molecule has 0 amide bonds. The Bertz CT molecular complexity index is 1010. The van der Waals surface area contributed by atoms with Gasteiger partial charge in [-0.1, -0.05) is 29.3 Å². The number of pyridine rings is 1. The van der Waals surface area contributed by atoms with Crippen LogP contribution in [0.4, 0.5) is 5.69 Å². The minimum absolute atomic E-state index is 0.0340. The van der Waals surface area contributed by atoms with Crippen molar-refractivity contribution < 1.29 is 19.8 Å². The lowest BCUT2D eigenvalue weighted by atomic mass is 10.1. The zero-order valence-electron chi connectivity index (χ0n) is 13.5. The number of nitrogens with two attached hydrogens (primary N) is 1. The molecule has 0 spiro atoms. The number of rotatable bonds is 2. The molecule has 3 rings (SSSR count). The van der Waals surface area contributed by atoms with Crippen LogP contribution in [0.5, 0.6) is 0 Å². The van der Waals surface area contributed by atoms with Gasteiger partial charge in [-0.2, -0.15) is 0 Å². The third-order valence-electron chi connectivity index (χ3n) is 3.39. The molecule has 0 bridgehead atoms. The lowest BCUT2D eigenvalue weighted by Gasteiger charge is -2.04. The number of aromatic nitrogens is 1. The van der Waals surface area contributed by atoms with E-state index in [1.165, 1.54) is 12.1 Å². The van der Waals surface area contributed by atoms with Crippen LogP contribution in [0.1, 0.15) is 26.4 Å². The van der Waals surface area contributed by atoms with Gasteiger partial charge in [-0.05, 0) is 43.3 Å². The van der Waals surface area contributed by atoms with Gasteiger partial charge in [0.1, 0.15) is 0 Å². The molecule has 8 heteroatoms. The quantitative estimate of drug-likeness (QED) is 0.552. The van der Waals surface area contributed by atoms with E-state index in [9.17, 15) is 9.59 Å². The predicted octanol–water partition coefficient (Wildman–Crippen LogP) is 4.52.